The Morgan fingerprint density at radius 2 is 1.81 bits per heavy atom. The van der Waals surface area contributed by atoms with Gasteiger partial charge in [-0.3, -0.25) is 4.79 Å². The van der Waals surface area contributed by atoms with E-state index in [2.05, 4.69) is 59.8 Å². The van der Waals surface area contributed by atoms with Gasteiger partial charge in [-0.15, -0.1) is 0 Å². The van der Waals surface area contributed by atoms with Gasteiger partial charge in [-0.1, -0.05) is 6.07 Å². The van der Waals surface area contributed by atoms with Crippen LogP contribution in [0.2, 0.25) is 0 Å². The van der Waals surface area contributed by atoms with E-state index in [-0.39, 0.29) is 18.2 Å². The third kappa shape index (κ3) is 2.68. The van der Waals surface area contributed by atoms with E-state index in [1.165, 1.54) is 22.6 Å². The van der Waals surface area contributed by atoms with E-state index < -0.39 is 0 Å². The third-order valence-corrected chi connectivity index (χ3v) is 7.24. The molecule has 6 rings (SSSR count). The summed E-state index contributed by atoms with van der Waals surface area (Å²) in [6.45, 7) is 6.96. The van der Waals surface area contributed by atoms with Crippen molar-refractivity contribution in [3.8, 4) is 17.2 Å². The molecule has 0 saturated carbocycles. The van der Waals surface area contributed by atoms with Crippen molar-refractivity contribution >= 4 is 11.6 Å². The van der Waals surface area contributed by atoms with Gasteiger partial charge in [-0.2, -0.15) is 0 Å². The number of rotatable bonds is 2. The van der Waals surface area contributed by atoms with Crippen molar-refractivity contribution in [2.24, 2.45) is 0 Å². The molecule has 6 heteroatoms. The van der Waals surface area contributed by atoms with Crippen LogP contribution in [0.1, 0.15) is 41.4 Å². The summed E-state index contributed by atoms with van der Waals surface area (Å²) < 4.78 is 13.2. The Balaban J connectivity index is 1.31. The van der Waals surface area contributed by atoms with Gasteiger partial charge in [-0.25, -0.2) is 0 Å². The Morgan fingerprint density at radius 3 is 2.62 bits per heavy atom. The molecule has 0 atom stereocenters. The average Bonchev–Trinajstić information content (AvgIpc) is 3.49. The smallest absolute Gasteiger partial charge is 0.253 e. The van der Waals surface area contributed by atoms with Crippen molar-refractivity contribution < 1.29 is 14.3 Å². The lowest BCUT2D eigenvalue weighted by Gasteiger charge is -2.53. The van der Waals surface area contributed by atoms with E-state index in [0.29, 0.717) is 17.1 Å². The Labute approximate surface area is 188 Å². The van der Waals surface area contributed by atoms with Crippen LogP contribution in [0.5, 0.6) is 11.5 Å². The van der Waals surface area contributed by atoms with Crippen molar-refractivity contribution in [3.05, 3.63) is 71.5 Å². The molecule has 1 aromatic heterocycles. The molecule has 164 valence electrons. The monoisotopic (exact) mass is 429 g/mol. The summed E-state index contributed by atoms with van der Waals surface area (Å²) in [5.74, 6) is 1.41. The zero-order valence-electron chi connectivity index (χ0n) is 18.5. The first-order valence-corrected chi connectivity index (χ1v) is 11.4. The number of amides is 1. The molecule has 3 aromatic rings. The Hall–Kier alpha value is -3.41. The number of nitrogens with zero attached hydrogens (tertiary/aromatic N) is 3. The molecule has 2 aromatic carbocycles. The molecule has 32 heavy (non-hydrogen) atoms. The molecule has 1 spiro atoms. The van der Waals surface area contributed by atoms with Crippen molar-refractivity contribution in [1.82, 2.24) is 9.47 Å². The van der Waals surface area contributed by atoms with Gasteiger partial charge in [0.2, 0.25) is 6.79 Å². The summed E-state index contributed by atoms with van der Waals surface area (Å²) in [6, 6.07) is 16.6. The summed E-state index contributed by atoms with van der Waals surface area (Å²) in [5.41, 5.74) is 5.67. The third-order valence-electron chi connectivity index (χ3n) is 7.24. The Kier molecular flexibility index (Phi) is 4.25. The molecule has 1 saturated heterocycles. The fraction of sp³-hybridized carbons (Fsp3) is 0.346. The van der Waals surface area contributed by atoms with Gasteiger partial charge in [-0.05, 0) is 74.7 Å². The largest absolute Gasteiger partial charge is 0.454 e. The summed E-state index contributed by atoms with van der Waals surface area (Å²) in [6.07, 6.45) is 3.96. The molecule has 0 aliphatic carbocycles. The minimum absolute atomic E-state index is 0.0589. The zero-order valence-corrected chi connectivity index (χ0v) is 18.5. The van der Waals surface area contributed by atoms with Crippen LogP contribution in [0, 0.1) is 6.92 Å². The second-order valence-corrected chi connectivity index (χ2v) is 8.89. The fourth-order valence-electron chi connectivity index (χ4n) is 5.68. The number of hydrogen-bond acceptors (Lipinski definition) is 4. The molecular formula is C26H27N3O3. The topological polar surface area (TPSA) is 46.9 Å². The molecule has 6 nitrogen and oxygen atoms in total. The summed E-state index contributed by atoms with van der Waals surface area (Å²) >= 11 is 0. The number of fused-ring (bicyclic) bond motifs is 5. The highest BCUT2D eigenvalue weighted by atomic mass is 16.7. The quantitative estimate of drug-likeness (QED) is 0.602. The molecule has 0 radical (unpaired) electrons. The number of carbonyl (C=O) groups excluding carboxylic acids is 1. The van der Waals surface area contributed by atoms with Crippen LogP contribution in [-0.4, -0.2) is 41.8 Å². The van der Waals surface area contributed by atoms with E-state index in [1.54, 1.807) is 6.07 Å². The van der Waals surface area contributed by atoms with Crippen molar-refractivity contribution in [3.63, 3.8) is 0 Å². The minimum atomic E-state index is -0.106. The molecule has 4 heterocycles. The molecule has 3 aliphatic rings. The minimum Gasteiger partial charge on any atom is -0.454 e. The predicted octanol–water partition coefficient (Wildman–Crippen LogP) is 4.49. The first-order valence-electron chi connectivity index (χ1n) is 11.4. The maximum atomic E-state index is 13.3. The molecule has 1 amide bonds. The first kappa shape index (κ1) is 19.3. The van der Waals surface area contributed by atoms with Gasteiger partial charge in [0.15, 0.2) is 11.5 Å². The van der Waals surface area contributed by atoms with Gasteiger partial charge < -0.3 is 23.8 Å². The standard InChI is InChI=1S/C26H27N3O3/c1-3-29-21-15-18(2)6-8-20(21)28-12-4-5-24(28)26(29)10-13-27(14-11-26)25(30)19-7-9-22-23(16-19)32-17-31-22/h4-9,12,15-16H,3,10-11,13-14,17H2,1-2H3. The average molecular weight is 430 g/mol. The molecule has 3 aliphatic heterocycles. The molecule has 0 unspecified atom stereocenters. The summed E-state index contributed by atoms with van der Waals surface area (Å²) in [5, 5.41) is 0. The van der Waals surface area contributed by atoms with Crippen molar-refractivity contribution in [1.29, 1.82) is 0 Å². The summed E-state index contributed by atoms with van der Waals surface area (Å²) in [4.78, 5) is 17.8. The van der Waals surface area contributed by atoms with E-state index in [1.807, 2.05) is 17.0 Å². The number of anilines is 1. The number of hydrogen-bond donors (Lipinski definition) is 0. The van der Waals surface area contributed by atoms with Gasteiger partial charge in [0.25, 0.3) is 5.91 Å². The highest BCUT2D eigenvalue weighted by Gasteiger charge is 2.47. The van der Waals surface area contributed by atoms with Crippen LogP contribution in [0.25, 0.3) is 5.69 Å². The highest BCUT2D eigenvalue weighted by Crippen LogP contribution is 2.48. The van der Waals surface area contributed by atoms with Crippen LogP contribution in [-0.2, 0) is 5.54 Å². The van der Waals surface area contributed by atoms with Crippen LogP contribution in [0.15, 0.2) is 54.7 Å². The van der Waals surface area contributed by atoms with Crippen LogP contribution in [0.3, 0.4) is 0 Å². The van der Waals surface area contributed by atoms with E-state index >= 15 is 0 Å². The van der Waals surface area contributed by atoms with Crippen molar-refractivity contribution in [2.45, 2.75) is 32.2 Å². The van der Waals surface area contributed by atoms with Crippen LogP contribution >= 0.6 is 0 Å². The molecular weight excluding hydrogens is 402 g/mol. The molecule has 1 fully saturated rings. The zero-order chi connectivity index (χ0) is 21.9. The summed E-state index contributed by atoms with van der Waals surface area (Å²) in [7, 11) is 0. The number of carbonyl (C=O) groups is 1. The highest BCUT2D eigenvalue weighted by molar-refractivity contribution is 5.95. The van der Waals surface area contributed by atoms with Gasteiger partial charge >= 0.3 is 0 Å². The number of piperidine rings is 1. The van der Waals surface area contributed by atoms with Crippen LogP contribution in [0.4, 0.5) is 5.69 Å². The second-order valence-electron chi connectivity index (χ2n) is 8.89. The Morgan fingerprint density at radius 1 is 1.00 bits per heavy atom. The number of likely N-dealkylation sites (tertiary alicyclic amines) is 1. The lowest BCUT2D eigenvalue weighted by atomic mass is 9.80. The van der Waals surface area contributed by atoms with Gasteiger partial charge in [0.05, 0.1) is 16.9 Å². The molecule has 0 bridgehead atoms. The van der Waals surface area contributed by atoms with Crippen LogP contribution < -0.4 is 14.4 Å². The number of ether oxygens (including phenoxy) is 2. The first-order chi connectivity index (χ1) is 15.6. The maximum absolute atomic E-state index is 13.3. The van der Waals surface area contributed by atoms with E-state index in [9.17, 15) is 4.79 Å². The Bertz CT molecular complexity index is 1210. The SMILES string of the molecule is CCN1c2cc(C)ccc2-n2cccc2C12CCN(C(=O)c1ccc3c(c1)OCO3)CC2. The lowest BCUT2D eigenvalue weighted by molar-refractivity contribution is 0.0656. The van der Waals surface area contributed by atoms with E-state index in [4.69, 9.17) is 9.47 Å². The number of aromatic nitrogens is 1. The van der Waals surface area contributed by atoms with E-state index in [0.717, 1.165) is 32.5 Å². The second kappa shape index (κ2) is 7.05. The van der Waals surface area contributed by atoms with Gasteiger partial charge in [0.1, 0.15) is 0 Å². The van der Waals surface area contributed by atoms with Gasteiger partial charge in [0, 0.05) is 37.1 Å². The maximum Gasteiger partial charge on any atom is 0.253 e. The molecule has 0 N–H and O–H groups in total. The predicted molar refractivity (Wildman–Crippen MR) is 123 cm³/mol. The lowest BCUT2D eigenvalue weighted by Crippen LogP contribution is -2.57. The normalized spacial score (nSPS) is 17.9. The van der Waals surface area contributed by atoms with Crippen molar-refractivity contribution in [2.75, 3.05) is 31.3 Å². The number of aryl methyl sites for hydroxylation is 1. The fourth-order valence-corrected chi connectivity index (χ4v) is 5.68. The number of benzene rings is 2.